The van der Waals surface area contributed by atoms with Crippen LogP contribution in [-0.2, 0) is 6.42 Å². The van der Waals surface area contributed by atoms with Crippen molar-refractivity contribution >= 4 is 17.7 Å². The molecule has 1 heterocycles. The van der Waals surface area contributed by atoms with Gasteiger partial charge in [-0.15, -0.1) is 0 Å². The highest BCUT2D eigenvalue weighted by molar-refractivity contribution is 6.30. The summed E-state index contributed by atoms with van der Waals surface area (Å²) in [6.07, 6.45) is 6.09. The second-order valence-electron chi connectivity index (χ2n) is 3.94. The third kappa shape index (κ3) is 3.12. The Morgan fingerprint density at radius 1 is 1.26 bits per heavy atom. The van der Waals surface area contributed by atoms with E-state index in [9.17, 15) is 0 Å². The van der Waals surface area contributed by atoms with E-state index < -0.39 is 0 Å². The van der Waals surface area contributed by atoms with E-state index in [0.29, 0.717) is 11.0 Å². The monoisotopic (exact) mass is 274 g/mol. The van der Waals surface area contributed by atoms with Crippen molar-refractivity contribution in [3.63, 3.8) is 0 Å². The van der Waals surface area contributed by atoms with Crippen LogP contribution >= 0.6 is 11.6 Å². The highest BCUT2D eigenvalue weighted by atomic mass is 35.5. The van der Waals surface area contributed by atoms with Crippen molar-refractivity contribution in [3.05, 3.63) is 52.9 Å². The van der Waals surface area contributed by atoms with E-state index in [-0.39, 0.29) is 0 Å². The number of benzene rings is 1. The molecule has 0 saturated heterocycles. The molecular weight excluding hydrogens is 260 g/mol. The van der Waals surface area contributed by atoms with E-state index in [2.05, 4.69) is 9.97 Å². The summed E-state index contributed by atoms with van der Waals surface area (Å²) in [5, 5.41) is 0.441. The fraction of sp³-hybridized carbons (Fsp3) is 0.200. The molecule has 0 radical (unpaired) electrons. The van der Waals surface area contributed by atoms with Crippen molar-refractivity contribution < 1.29 is 4.74 Å². The Kier molecular flexibility index (Phi) is 4.53. The van der Waals surface area contributed by atoms with E-state index >= 15 is 0 Å². The number of nitrogens with zero attached hydrogens (tertiary/aromatic N) is 2. The summed E-state index contributed by atoms with van der Waals surface area (Å²) in [4.78, 5) is 8.14. The molecule has 0 spiro atoms. The number of rotatable bonds is 4. The quantitative estimate of drug-likeness (QED) is 0.769. The summed E-state index contributed by atoms with van der Waals surface area (Å²) >= 11 is 6.05. The Hall–Kier alpha value is -1.87. The number of aromatic nitrogens is 2. The van der Waals surface area contributed by atoms with E-state index in [0.717, 1.165) is 23.3 Å². The first-order valence-electron chi connectivity index (χ1n) is 6.15. The van der Waals surface area contributed by atoms with E-state index in [4.69, 9.17) is 16.3 Å². The van der Waals surface area contributed by atoms with Gasteiger partial charge in [0.1, 0.15) is 17.2 Å². The third-order valence-electron chi connectivity index (χ3n) is 2.68. The van der Waals surface area contributed by atoms with Crippen LogP contribution < -0.4 is 4.74 Å². The molecule has 2 aromatic rings. The number of allylic oxidation sites excluding steroid dienone is 1. The maximum absolute atomic E-state index is 6.05. The molecule has 4 heteroatoms. The van der Waals surface area contributed by atoms with Gasteiger partial charge in [-0.3, -0.25) is 0 Å². The SMILES string of the molecule is CC=Cc1ccccc1Oc1ncnc(Cl)c1CC. The first-order valence-corrected chi connectivity index (χ1v) is 6.53. The van der Waals surface area contributed by atoms with Crippen LogP contribution in [0.3, 0.4) is 0 Å². The summed E-state index contributed by atoms with van der Waals surface area (Å²) in [5.41, 5.74) is 1.82. The van der Waals surface area contributed by atoms with Crippen LogP contribution in [0.5, 0.6) is 11.6 Å². The molecule has 0 amide bonds. The van der Waals surface area contributed by atoms with Gasteiger partial charge in [0.15, 0.2) is 0 Å². The predicted octanol–water partition coefficient (Wildman–Crippen LogP) is 4.52. The Morgan fingerprint density at radius 3 is 2.79 bits per heavy atom. The lowest BCUT2D eigenvalue weighted by Gasteiger charge is -2.11. The third-order valence-corrected chi connectivity index (χ3v) is 3.00. The number of halogens is 1. The summed E-state index contributed by atoms with van der Waals surface area (Å²) < 4.78 is 5.88. The summed E-state index contributed by atoms with van der Waals surface area (Å²) in [5.74, 6) is 1.27. The van der Waals surface area contributed by atoms with Crippen molar-refractivity contribution in [2.75, 3.05) is 0 Å². The van der Waals surface area contributed by atoms with Gasteiger partial charge in [-0.05, 0) is 19.4 Å². The molecule has 3 nitrogen and oxygen atoms in total. The lowest BCUT2D eigenvalue weighted by Crippen LogP contribution is -1.97. The first kappa shape index (κ1) is 13.6. The van der Waals surface area contributed by atoms with Gasteiger partial charge in [-0.25, -0.2) is 9.97 Å². The van der Waals surface area contributed by atoms with Gasteiger partial charge in [0.05, 0.1) is 5.56 Å². The summed E-state index contributed by atoms with van der Waals surface area (Å²) in [6.45, 7) is 3.96. The highest BCUT2D eigenvalue weighted by Crippen LogP contribution is 2.29. The maximum Gasteiger partial charge on any atom is 0.227 e. The second-order valence-corrected chi connectivity index (χ2v) is 4.30. The number of ether oxygens (including phenoxy) is 1. The van der Waals surface area contributed by atoms with Gasteiger partial charge in [0.2, 0.25) is 5.88 Å². The van der Waals surface area contributed by atoms with Gasteiger partial charge in [0, 0.05) is 5.56 Å². The molecule has 98 valence electrons. The van der Waals surface area contributed by atoms with E-state index in [1.807, 2.05) is 50.3 Å². The molecule has 0 aliphatic carbocycles. The first-order chi connectivity index (χ1) is 9.26. The van der Waals surface area contributed by atoms with Crippen molar-refractivity contribution in [2.24, 2.45) is 0 Å². The van der Waals surface area contributed by atoms with Crippen LogP contribution in [0.25, 0.3) is 6.08 Å². The fourth-order valence-corrected chi connectivity index (χ4v) is 2.01. The normalized spacial score (nSPS) is 10.9. The van der Waals surface area contributed by atoms with Crippen LogP contribution in [0.2, 0.25) is 5.15 Å². The molecule has 0 unspecified atom stereocenters. The van der Waals surface area contributed by atoms with Crippen LogP contribution in [0, 0.1) is 0 Å². The second kappa shape index (κ2) is 6.34. The van der Waals surface area contributed by atoms with Crippen molar-refractivity contribution in [2.45, 2.75) is 20.3 Å². The molecule has 19 heavy (non-hydrogen) atoms. The predicted molar refractivity (Wildman–Crippen MR) is 77.6 cm³/mol. The minimum atomic E-state index is 0.441. The Balaban J connectivity index is 2.39. The zero-order valence-corrected chi connectivity index (χ0v) is 11.7. The largest absolute Gasteiger partial charge is 0.438 e. The van der Waals surface area contributed by atoms with Crippen molar-refractivity contribution in [1.82, 2.24) is 9.97 Å². The number of hydrogen-bond donors (Lipinski definition) is 0. The van der Waals surface area contributed by atoms with Crippen LogP contribution in [0.1, 0.15) is 25.0 Å². The van der Waals surface area contributed by atoms with Gasteiger partial charge < -0.3 is 4.74 Å². The van der Waals surface area contributed by atoms with E-state index in [1.54, 1.807) is 0 Å². The fourth-order valence-electron chi connectivity index (χ4n) is 1.76. The molecule has 0 aliphatic heterocycles. The molecule has 1 aromatic carbocycles. The zero-order valence-electron chi connectivity index (χ0n) is 10.9. The molecule has 0 fully saturated rings. The number of para-hydroxylation sites is 1. The smallest absolute Gasteiger partial charge is 0.227 e. The molecule has 0 aliphatic rings. The van der Waals surface area contributed by atoms with Crippen molar-refractivity contribution in [1.29, 1.82) is 0 Å². The minimum absolute atomic E-state index is 0.441. The summed E-state index contributed by atoms with van der Waals surface area (Å²) in [7, 11) is 0. The number of hydrogen-bond acceptors (Lipinski definition) is 3. The van der Waals surface area contributed by atoms with Crippen LogP contribution in [-0.4, -0.2) is 9.97 Å². The van der Waals surface area contributed by atoms with Gasteiger partial charge >= 0.3 is 0 Å². The Bertz CT molecular complexity index is 596. The van der Waals surface area contributed by atoms with Crippen LogP contribution in [0.4, 0.5) is 0 Å². The summed E-state index contributed by atoms with van der Waals surface area (Å²) in [6, 6.07) is 7.79. The average molecular weight is 275 g/mol. The topological polar surface area (TPSA) is 35.0 Å². The zero-order chi connectivity index (χ0) is 13.7. The Morgan fingerprint density at radius 2 is 2.05 bits per heavy atom. The van der Waals surface area contributed by atoms with Gasteiger partial charge in [-0.2, -0.15) is 0 Å². The highest BCUT2D eigenvalue weighted by Gasteiger charge is 2.11. The molecular formula is C15H15ClN2O. The molecule has 0 bridgehead atoms. The average Bonchev–Trinajstić information content (AvgIpc) is 2.41. The van der Waals surface area contributed by atoms with Crippen molar-refractivity contribution in [3.8, 4) is 11.6 Å². The molecule has 0 saturated carbocycles. The standard InChI is InChI=1S/C15H15ClN2O/c1-3-7-11-8-5-6-9-13(11)19-15-12(4-2)14(16)17-10-18-15/h3,5-10H,4H2,1-2H3. The maximum atomic E-state index is 6.05. The lowest BCUT2D eigenvalue weighted by atomic mass is 10.2. The Labute approximate surface area is 117 Å². The van der Waals surface area contributed by atoms with Gasteiger partial charge in [0.25, 0.3) is 0 Å². The molecule has 1 aromatic heterocycles. The van der Waals surface area contributed by atoms with Gasteiger partial charge in [-0.1, -0.05) is 48.9 Å². The molecule has 0 atom stereocenters. The molecule has 2 rings (SSSR count). The van der Waals surface area contributed by atoms with Crippen LogP contribution in [0.15, 0.2) is 36.7 Å². The van der Waals surface area contributed by atoms with E-state index in [1.165, 1.54) is 6.33 Å². The lowest BCUT2D eigenvalue weighted by molar-refractivity contribution is 0.454. The molecule has 0 N–H and O–H groups in total. The minimum Gasteiger partial charge on any atom is -0.438 e.